The fourth-order valence-corrected chi connectivity index (χ4v) is 1.52. The molecule has 1 fully saturated rings. The molecule has 7 nitrogen and oxygen atoms in total. The maximum absolute atomic E-state index is 11.7. The molecule has 2 amide bonds. The van der Waals surface area contributed by atoms with E-state index in [1.807, 2.05) is 0 Å². The topological polar surface area (TPSA) is 96.0 Å². The van der Waals surface area contributed by atoms with Crippen molar-refractivity contribution in [2.75, 3.05) is 25.5 Å². The zero-order valence-electron chi connectivity index (χ0n) is 10.8. The van der Waals surface area contributed by atoms with Gasteiger partial charge in [0.05, 0.1) is 12.4 Å². The zero-order chi connectivity index (χ0) is 13.7. The molecular formula is C12H17N5O2. The van der Waals surface area contributed by atoms with E-state index in [9.17, 15) is 9.59 Å². The van der Waals surface area contributed by atoms with Gasteiger partial charge in [0.25, 0.3) is 5.91 Å². The van der Waals surface area contributed by atoms with Gasteiger partial charge in [-0.3, -0.25) is 9.59 Å². The van der Waals surface area contributed by atoms with E-state index in [2.05, 4.69) is 25.9 Å². The van der Waals surface area contributed by atoms with Gasteiger partial charge >= 0.3 is 0 Å². The highest BCUT2D eigenvalue weighted by Crippen LogP contribution is 2.28. The molecule has 0 unspecified atom stereocenters. The predicted molar refractivity (Wildman–Crippen MR) is 69.6 cm³/mol. The summed E-state index contributed by atoms with van der Waals surface area (Å²) in [5.74, 6) is 0.576. The van der Waals surface area contributed by atoms with Gasteiger partial charge in [-0.15, -0.1) is 0 Å². The number of aromatic nitrogens is 2. The van der Waals surface area contributed by atoms with E-state index >= 15 is 0 Å². The second-order valence-electron chi connectivity index (χ2n) is 4.36. The fourth-order valence-electron chi connectivity index (χ4n) is 1.52. The van der Waals surface area contributed by atoms with Crippen LogP contribution in [0.25, 0.3) is 0 Å². The maximum Gasteiger partial charge on any atom is 0.271 e. The van der Waals surface area contributed by atoms with Crippen molar-refractivity contribution in [3.8, 4) is 0 Å². The lowest BCUT2D eigenvalue weighted by molar-refractivity contribution is -0.122. The van der Waals surface area contributed by atoms with Crippen LogP contribution in [0.3, 0.4) is 0 Å². The molecule has 0 radical (unpaired) electrons. The molecule has 3 N–H and O–H groups in total. The Morgan fingerprint density at radius 2 is 1.95 bits per heavy atom. The Bertz CT molecular complexity index is 456. The van der Waals surface area contributed by atoms with E-state index in [0.717, 1.165) is 12.8 Å². The molecule has 1 heterocycles. The van der Waals surface area contributed by atoms with E-state index in [1.165, 1.54) is 12.4 Å². The quantitative estimate of drug-likeness (QED) is 0.616. The van der Waals surface area contributed by atoms with Crippen molar-refractivity contribution < 1.29 is 9.59 Å². The van der Waals surface area contributed by atoms with Crippen LogP contribution < -0.4 is 16.0 Å². The van der Waals surface area contributed by atoms with Crippen molar-refractivity contribution >= 4 is 17.6 Å². The summed E-state index contributed by atoms with van der Waals surface area (Å²) in [5, 5.41) is 8.27. The van der Waals surface area contributed by atoms with Gasteiger partial charge in [-0.05, 0) is 12.8 Å². The molecule has 1 saturated carbocycles. The Balaban J connectivity index is 1.69. The minimum absolute atomic E-state index is 0.0763. The number of nitrogens with one attached hydrogen (secondary N) is 3. The average Bonchev–Trinajstić information content (AvgIpc) is 3.27. The molecule has 2 rings (SSSR count). The van der Waals surface area contributed by atoms with Crippen molar-refractivity contribution in [1.29, 1.82) is 0 Å². The van der Waals surface area contributed by atoms with E-state index in [4.69, 9.17) is 0 Å². The third kappa shape index (κ3) is 3.90. The molecule has 7 heteroatoms. The summed E-state index contributed by atoms with van der Waals surface area (Å²) in [7, 11) is 1.73. The maximum atomic E-state index is 11.7. The summed E-state index contributed by atoms with van der Waals surface area (Å²) in [6.07, 6.45) is 4.85. The number of carbonyl (C=O) groups is 2. The van der Waals surface area contributed by atoms with Gasteiger partial charge in [0, 0.05) is 26.1 Å². The number of amides is 2. The largest absolute Gasteiger partial charge is 0.372 e. The van der Waals surface area contributed by atoms with Crippen LogP contribution in [0.1, 0.15) is 23.3 Å². The third-order valence-electron chi connectivity index (χ3n) is 2.80. The number of rotatable bonds is 6. The Hall–Kier alpha value is -2.18. The summed E-state index contributed by atoms with van der Waals surface area (Å²) in [6, 6.07) is 0. The molecule has 1 aliphatic carbocycles. The highest BCUT2D eigenvalue weighted by molar-refractivity contribution is 5.92. The van der Waals surface area contributed by atoms with Crippen molar-refractivity contribution in [2.45, 2.75) is 12.8 Å². The van der Waals surface area contributed by atoms with Gasteiger partial charge < -0.3 is 16.0 Å². The summed E-state index contributed by atoms with van der Waals surface area (Å²) < 4.78 is 0. The van der Waals surface area contributed by atoms with E-state index in [1.54, 1.807) is 7.05 Å². The standard InChI is InChI=1S/C12H17N5O2/c1-13-10-7-16-9(6-17-10)12(19)15-5-4-14-11(18)8-2-3-8/h6-8H,2-5H2,1H3,(H,13,17)(H,14,18)(H,15,19). The number of carbonyl (C=O) groups excluding carboxylic acids is 2. The molecule has 0 aliphatic heterocycles. The van der Waals surface area contributed by atoms with Crippen molar-refractivity contribution in [3.05, 3.63) is 18.1 Å². The van der Waals surface area contributed by atoms with Crippen molar-refractivity contribution in [3.63, 3.8) is 0 Å². The smallest absolute Gasteiger partial charge is 0.271 e. The highest BCUT2D eigenvalue weighted by atomic mass is 16.2. The lowest BCUT2D eigenvalue weighted by Gasteiger charge is -2.06. The Labute approximate surface area is 111 Å². The molecule has 1 aromatic heterocycles. The minimum atomic E-state index is -0.296. The van der Waals surface area contributed by atoms with Gasteiger partial charge in [-0.25, -0.2) is 9.97 Å². The molecule has 1 aliphatic rings. The zero-order valence-corrected chi connectivity index (χ0v) is 10.8. The number of anilines is 1. The number of hydrogen-bond acceptors (Lipinski definition) is 5. The molecule has 0 bridgehead atoms. The first-order valence-electron chi connectivity index (χ1n) is 6.26. The second-order valence-corrected chi connectivity index (χ2v) is 4.36. The summed E-state index contributed by atoms with van der Waals surface area (Å²) in [4.78, 5) is 31.0. The van der Waals surface area contributed by atoms with Crippen LogP contribution in [-0.2, 0) is 4.79 Å². The minimum Gasteiger partial charge on any atom is -0.372 e. The SMILES string of the molecule is CNc1cnc(C(=O)NCCNC(=O)C2CC2)cn1. The van der Waals surface area contributed by atoms with E-state index in [0.29, 0.717) is 18.9 Å². The molecule has 0 atom stereocenters. The number of hydrogen-bond donors (Lipinski definition) is 3. The van der Waals surface area contributed by atoms with Crippen LogP contribution in [0, 0.1) is 5.92 Å². The van der Waals surface area contributed by atoms with Crippen LogP contribution in [0.15, 0.2) is 12.4 Å². The summed E-state index contributed by atoms with van der Waals surface area (Å²) >= 11 is 0. The first kappa shape index (κ1) is 13.3. The molecule has 0 spiro atoms. The third-order valence-corrected chi connectivity index (χ3v) is 2.80. The van der Waals surface area contributed by atoms with Crippen LogP contribution in [0.2, 0.25) is 0 Å². The van der Waals surface area contributed by atoms with Gasteiger partial charge in [-0.1, -0.05) is 0 Å². The van der Waals surface area contributed by atoms with Gasteiger partial charge in [-0.2, -0.15) is 0 Å². The Morgan fingerprint density at radius 3 is 2.53 bits per heavy atom. The van der Waals surface area contributed by atoms with Crippen LogP contribution >= 0.6 is 0 Å². The molecular weight excluding hydrogens is 246 g/mol. The monoisotopic (exact) mass is 263 g/mol. The summed E-state index contributed by atoms with van der Waals surface area (Å²) in [5.41, 5.74) is 0.257. The Morgan fingerprint density at radius 1 is 1.21 bits per heavy atom. The van der Waals surface area contributed by atoms with Crippen molar-refractivity contribution in [2.24, 2.45) is 5.92 Å². The molecule has 0 aromatic carbocycles. The molecule has 19 heavy (non-hydrogen) atoms. The number of nitrogens with zero attached hydrogens (tertiary/aromatic N) is 2. The lowest BCUT2D eigenvalue weighted by Crippen LogP contribution is -2.35. The fraction of sp³-hybridized carbons (Fsp3) is 0.500. The molecule has 0 saturated heterocycles. The van der Waals surface area contributed by atoms with Crippen molar-refractivity contribution in [1.82, 2.24) is 20.6 Å². The van der Waals surface area contributed by atoms with E-state index < -0.39 is 0 Å². The molecule has 102 valence electrons. The van der Waals surface area contributed by atoms with Gasteiger partial charge in [0.15, 0.2) is 0 Å². The second kappa shape index (κ2) is 6.12. The molecule has 1 aromatic rings. The average molecular weight is 263 g/mol. The van der Waals surface area contributed by atoms with E-state index in [-0.39, 0.29) is 23.4 Å². The summed E-state index contributed by atoms with van der Waals surface area (Å²) in [6.45, 7) is 0.815. The first-order chi connectivity index (χ1) is 9.20. The Kier molecular flexibility index (Phi) is 4.27. The van der Waals surface area contributed by atoms with Crippen LogP contribution in [0.4, 0.5) is 5.82 Å². The highest BCUT2D eigenvalue weighted by Gasteiger charge is 2.28. The normalized spacial score (nSPS) is 13.7. The van der Waals surface area contributed by atoms with Crippen LogP contribution in [0.5, 0.6) is 0 Å². The van der Waals surface area contributed by atoms with Gasteiger partial charge in [0.1, 0.15) is 11.5 Å². The van der Waals surface area contributed by atoms with Gasteiger partial charge in [0.2, 0.25) is 5.91 Å². The van der Waals surface area contributed by atoms with Crippen LogP contribution in [-0.4, -0.2) is 41.9 Å². The first-order valence-corrected chi connectivity index (χ1v) is 6.26. The predicted octanol–water partition coefficient (Wildman–Crippen LogP) is -0.226. The lowest BCUT2D eigenvalue weighted by atomic mass is 10.4.